The Morgan fingerprint density at radius 1 is 1.33 bits per heavy atom. The van der Waals surface area contributed by atoms with E-state index >= 15 is 0 Å². The highest BCUT2D eigenvalue weighted by atomic mass is 19.4. The second-order valence-electron chi connectivity index (χ2n) is 5.13. The largest absolute Gasteiger partial charge is 0.479 e. The van der Waals surface area contributed by atoms with E-state index in [1.54, 1.807) is 0 Å². The minimum Gasteiger partial charge on any atom is -0.479 e. The number of hydrogen-bond donors (Lipinski definition) is 2. The lowest BCUT2D eigenvalue weighted by atomic mass is 10.1. The number of nitrogens with one attached hydrogen (secondary N) is 1. The molecule has 2 N–H and O–H groups in total. The van der Waals surface area contributed by atoms with Crippen LogP contribution in [0.4, 0.5) is 13.2 Å². The summed E-state index contributed by atoms with van der Waals surface area (Å²) in [4.78, 5) is 23.0. The zero-order valence-electron chi connectivity index (χ0n) is 12.8. The van der Waals surface area contributed by atoms with E-state index in [0.717, 1.165) is 12.1 Å². The minimum absolute atomic E-state index is 0.115. The first-order valence-corrected chi connectivity index (χ1v) is 6.85. The Morgan fingerprint density at radius 2 is 2.00 bits per heavy atom. The number of aliphatic carboxylic acids is 1. The third-order valence-electron chi connectivity index (χ3n) is 3.61. The van der Waals surface area contributed by atoms with Crippen LogP contribution in [0.15, 0.2) is 24.3 Å². The number of alkyl halides is 3. The number of carbonyl (C=O) groups is 2. The summed E-state index contributed by atoms with van der Waals surface area (Å²) in [6, 6.07) is 4.50. The Morgan fingerprint density at radius 3 is 2.54 bits per heavy atom. The summed E-state index contributed by atoms with van der Waals surface area (Å²) >= 11 is 0. The lowest BCUT2D eigenvalue weighted by molar-refractivity contribution is -0.148. The van der Waals surface area contributed by atoms with Crippen molar-refractivity contribution in [2.24, 2.45) is 7.05 Å². The van der Waals surface area contributed by atoms with Gasteiger partial charge in [0.15, 0.2) is 6.10 Å². The van der Waals surface area contributed by atoms with Crippen LogP contribution in [0.3, 0.4) is 0 Å². The number of aryl methyl sites for hydroxylation is 1. The molecule has 0 aliphatic heterocycles. The second kappa shape index (κ2) is 6.52. The number of hydrogen-bond acceptors (Lipinski definition) is 3. The number of aromatic nitrogens is 1. The van der Waals surface area contributed by atoms with Gasteiger partial charge in [0.2, 0.25) is 0 Å². The molecular formula is C15H15F3N2O4. The van der Waals surface area contributed by atoms with E-state index in [9.17, 15) is 22.8 Å². The molecule has 0 bridgehead atoms. The molecule has 6 nitrogen and oxygen atoms in total. The van der Waals surface area contributed by atoms with Gasteiger partial charge in [0, 0.05) is 25.1 Å². The minimum atomic E-state index is -4.47. The van der Waals surface area contributed by atoms with E-state index in [4.69, 9.17) is 9.84 Å². The molecule has 0 aliphatic rings. The van der Waals surface area contributed by atoms with Crippen LogP contribution in [0, 0.1) is 0 Å². The molecule has 1 aromatic carbocycles. The van der Waals surface area contributed by atoms with E-state index in [1.165, 1.54) is 30.9 Å². The smallest absolute Gasteiger partial charge is 0.416 e. The van der Waals surface area contributed by atoms with Gasteiger partial charge >= 0.3 is 12.1 Å². The molecule has 1 atom stereocenters. The number of nitrogens with zero attached hydrogens (tertiary/aromatic N) is 1. The monoisotopic (exact) mass is 344 g/mol. The first-order valence-electron chi connectivity index (χ1n) is 6.85. The third-order valence-corrected chi connectivity index (χ3v) is 3.61. The summed E-state index contributed by atoms with van der Waals surface area (Å²) < 4.78 is 44.4. The van der Waals surface area contributed by atoms with Gasteiger partial charge in [0.05, 0.1) is 12.1 Å². The number of carboxylic acid groups (broad SMARTS) is 1. The zero-order valence-corrected chi connectivity index (χ0v) is 12.8. The zero-order chi connectivity index (χ0) is 18.1. The molecule has 2 aromatic rings. The highest BCUT2D eigenvalue weighted by molar-refractivity contribution is 5.99. The lowest BCUT2D eigenvalue weighted by Gasteiger charge is -2.11. The van der Waals surface area contributed by atoms with Crippen LogP contribution in [0.25, 0.3) is 10.9 Å². The van der Waals surface area contributed by atoms with E-state index in [0.29, 0.717) is 5.52 Å². The average Bonchev–Trinajstić information content (AvgIpc) is 2.83. The third kappa shape index (κ3) is 3.51. The summed E-state index contributed by atoms with van der Waals surface area (Å²) in [6.07, 6.45) is -5.68. The molecule has 0 fully saturated rings. The molecular weight excluding hydrogens is 329 g/mol. The SMILES string of the molecule is COC(CNC(=O)c1cc2cc(C(F)(F)F)ccc2n1C)C(=O)O. The molecule has 0 aliphatic carbocycles. The summed E-state index contributed by atoms with van der Waals surface area (Å²) in [5.74, 6) is -1.84. The fraction of sp³-hybridized carbons (Fsp3) is 0.333. The van der Waals surface area contributed by atoms with Crippen molar-refractivity contribution in [2.45, 2.75) is 12.3 Å². The summed E-state index contributed by atoms with van der Waals surface area (Å²) in [5, 5.41) is 11.5. The van der Waals surface area contributed by atoms with E-state index in [1.807, 2.05) is 0 Å². The molecule has 1 unspecified atom stereocenters. The predicted molar refractivity (Wildman–Crippen MR) is 78.7 cm³/mol. The average molecular weight is 344 g/mol. The van der Waals surface area contributed by atoms with Crippen LogP contribution in [-0.2, 0) is 22.8 Å². The van der Waals surface area contributed by atoms with Gasteiger partial charge in [-0.3, -0.25) is 4.79 Å². The van der Waals surface area contributed by atoms with E-state index in [2.05, 4.69) is 5.32 Å². The van der Waals surface area contributed by atoms with Crippen molar-refractivity contribution >= 4 is 22.8 Å². The topological polar surface area (TPSA) is 80.6 Å². The number of methoxy groups -OCH3 is 1. The van der Waals surface area contributed by atoms with Crippen molar-refractivity contribution in [2.75, 3.05) is 13.7 Å². The highest BCUT2D eigenvalue weighted by Gasteiger charge is 2.31. The van der Waals surface area contributed by atoms with Gasteiger partial charge in [0.1, 0.15) is 5.69 Å². The fourth-order valence-corrected chi connectivity index (χ4v) is 2.29. The number of amides is 1. The standard InChI is InChI=1S/C15H15F3N2O4/c1-20-10-4-3-9(15(16,17)18)5-8(10)6-11(20)13(21)19-7-12(24-2)14(22)23/h3-6,12H,7H2,1-2H3,(H,19,21)(H,22,23). The summed E-state index contributed by atoms with van der Waals surface area (Å²) in [6.45, 7) is -0.264. The first kappa shape index (κ1) is 17.8. The van der Waals surface area contributed by atoms with Crippen LogP contribution in [0.2, 0.25) is 0 Å². The molecule has 1 heterocycles. The molecule has 1 amide bonds. The van der Waals surface area contributed by atoms with Crippen molar-refractivity contribution in [3.05, 3.63) is 35.5 Å². The lowest BCUT2D eigenvalue weighted by Crippen LogP contribution is -2.38. The maximum atomic E-state index is 12.8. The molecule has 130 valence electrons. The number of benzene rings is 1. The van der Waals surface area contributed by atoms with Crippen LogP contribution in [0.1, 0.15) is 16.1 Å². The second-order valence-corrected chi connectivity index (χ2v) is 5.13. The molecule has 0 saturated heterocycles. The maximum Gasteiger partial charge on any atom is 0.416 e. The van der Waals surface area contributed by atoms with Gasteiger partial charge in [-0.1, -0.05) is 0 Å². The molecule has 0 spiro atoms. The van der Waals surface area contributed by atoms with E-state index in [-0.39, 0.29) is 17.6 Å². The van der Waals surface area contributed by atoms with Gasteiger partial charge in [-0.05, 0) is 24.3 Å². The van der Waals surface area contributed by atoms with E-state index < -0.39 is 29.7 Å². The normalized spacial score (nSPS) is 13.0. The number of ether oxygens (including phenoxy) is 1. The van der Waals surface area contributed by atoms with Crippen LogP contribution in [0.5, 0.6) is 0 Å². The molecule has 9 heteroatoms. The van der Waals surface area contributed by atoms with Gasteiger partial charge in [0.25, 0.3) is 5.91 Å². The number of carboxylic acids is 1. The van der Waals surface area contributed by atoms with Crippen LogP contribution in [-0.4, -0.2) is 41.3 Å². The van der Waals surface area contributed by atoms with Crippen LogP contribution < -0.4 is 5.32 Å². The van der Waals surface area contributed by atoms with Crippen molar-refractivity contribution in [3.63, 3.8) is 0 Å². The predicted octanol–water partition coefficient (Wildman–Crippen LogP) is 2.03. The highest BCUT2D eigenvalue weighted by Crippen LogP contribution is 2.32. The van der Waals surface area contributed by atoms with Crippen molar-refractivity contribution in [3.8, 4) is 0 Å². The molecule has 0 saturated carbocycles. The van der Waals surface area contributed by atoms with Crippen LogP contribution >= 0.6 is 0 Å². The number of halogens is 3. The van der Waals surface area contributed by atoms with Gasteiger partial charge in [-0.15, -0.1) is 0 Å². The summed E-state index contributed by atoms with van der Waals surface area (Å²) in [5.41, 5.74) is -0.239. The van der Waals surface area contributed by atoms with Crippen molar-refractivity contribution in [1.82, 2.24) is 9.88 Å². The Labute approximate surface area is 134 Å². The molecule has 24 heavy (non-hydrogen) atoms. The van der Waals surface area contributed by atoms with Gasteiger partial charge < -0.3 is 19.7 Å². The number of rotatable bonds is 5. The Hall–Kier alpha value is -2.55. The van der Waals surface area contributed by atoms with Gasteiger partial charge in [-0.25, -0.2) is 4.79 Å². The molecule has 0 radical (unpaired) electrons. The Balaban J connectivity index is 2.27. The maximum absolute atomic E-state index is 12.8. The molecule has 1 aromatic heterocycles. The summed E-state index contributed by atoms with van der Waals surface area (Å²) in [7, 11) is 2.73. The molecule has 2 rings (SSSR count). The Bertz CT molecular complexity index is 783. The quantitative estimate of drug-likeness (QED) is 0.870. The van der Waals surface area contributed by atoms with Crippen molar-refractivity contribution < 1.29 is 32.6 Å². The fourth-order valence-electron chi connectivity index (χ4n) is 2.29. The number of carbonyl (C=O) groups excluding carboxylic acids is 1. The van der Waals surface area contributed by atoms with Gasteiger partial charge in [-0.2, -0.15) is 13.2 Å². The van der Waals surface area contributed by atoms with Crippen molar-refractivity contribution in [1.29, 1.82) is 0 Å². The number of fused-ring (bicyclic) bond motifs is 1. The Kier molecular flexibility index (Phi) is 4.83. The first-order chi connectivity index (χ1) is 11.1.